The molecule has 0 atom stereocenters. The summed E-state index contributed by atoms with van der Waals surface area (Å²) in [5, 5.41) is 0. The molecule has 24 valence electrons. The van der Waals surface area contributed by atoms with Gasteiger partial charge in [-0.25, -0.2) is 0 Å². The molecule has 0 bridgehead atoms. The van der Waals surface area contributed by atoms with Gasteiger partial charge in [-0.3, -0.25) is 0 Å². The van der Waals surface area contributed by atoms with Crippen LogP contribution in [-0.2, 0) is 0 Å². The summed E-state index contributed by atoms with van der Waals surface area (Å²) < 4.78 is 6.87. The molecule has 0 aromatic rings. The van der Waals surface area contributed by atoms with Crippen molar-refractivity contribution in [2.75, 3.05) is 0 Å². The average Bonchev–Trinajstić information content (AvgIpc) is 1.37. The molecule has 0 saturated heterocycles. The topological polar surface area (TPSA) is 24.7 Å². The van der Waals surface area contributed by atoms with Gasteiger partial charge in [-0.1, -0.05) is 0 Å². The molecule has 0 heterocycles. The summed E-state index contributed by atoms with van der Waals surface area (Å²) in [7, 11) is 0. The molecule has 2 nitrogen and oxygen atoms in total. The molecule has 5 heavy (non-hydrogen) atoms. The Hall–Kier alpha value is 2.04. The maximum Gasteiger partial charge on any atom is 0 e. The average molecular weight is 390 g/mol. The summed E-state index contributed by atoms with van der Waals surface area (Å²) >= 11 is 2.73. The van der Waals surface area contributed by atoms with Crippen molar-refractivity contribution in [1.29, 1.82) is 0 Å². The van der Waals surface area contributed by atoms with Crippen LogP contribution in [0.4, 0.5) is 0 Å². The maximum atomic E-state index is 3.43. The van der Waals surface area contributed by atoms with Crippen LogP contribution in [0.25, 0.3) is 0 Å². The molecule has 0 saturated carbocycles. The Bertz CT molecular complexity index is 22.8. The number of rotatable bonds is 0. The Morgan fingerprint density at radius 1 is 1.00 bits per heavy atom. The van der Waals surface area contributed by atoms with E-state index in [0.717, 1.165) is 0 Å². The molecule has 8 radical (unpaired) electrons. The monoisotopic (exact) mass is 390 g/mol. The van der Waals surface area contributed by atoms with Crippen LogP contribution >= 0.6 is 0 Å². The predicted octanol–water partition coefficient (Wildman–Crippen LogP) is -0.775. The van der Waals surface area contributed by atoms with E-state index in [0.29, 0.717) is 0 Å². The van der Waals surface area contributed by atoms with Crippen LogP contribution in [0.1, 0.15) is 0 Å². The summed E-state index contributed by atoms with van der Waals surface area (Å²) in [6.45, 7) is 0. The van der Waals surface area contributed by atoms with Gasteiger partial charge < -0.3 is 0 Å². The zero-order valence-electron chi connectivity index (χ0n) is 2.29. The van der Waals surface area contributed by atoms with Crippen molar-refractivity contribution < 1.29 is 0 Å². The van der Waals surface area contributed by atoms with E-state index in [2.05, 4.69) is 6.55 Å². The van der Waals surface area contributed by atoms with Crippen molar-refractivity contribution in [1.82, 2.24) is 0 Å². The molecule has 0 aliphatic carbocycles. The molecule has 0 aromatic carbocycles. The van der Waals surface area contributed by atoms with E-state index in [1.807, 2.05) is 0 Å². The van der Waals surface area contributed by atoms with Crippen LogP contribution in [-0.4, -0.2) is 70.5 Å². The van der Waals surface area contributed by atoms with Crippen molar-refractivity contribution in [2.45, 2.75) is 0 Å². The maximum absolute atomic E-state index is 3.43. The molecular formula is N2Sb2Sn. The third-order valence-corrected chi connectivity index (χ3v) is 1.80. The van der Waals surface area contributed by atoms with Crippen molar-refractivity contribution >= 4 is 70.5 Å². The fraction of sp³-hybridized carbons (Fsp3) is 0. The van der Waals surface area contributed by atoms with Crippen LogP contribution in [0.3, 0.4) is 0 Å². The van der Waals surface area contributed by atoms with Gasteiger partial charge in [0, 0.05) is 23.9 Å². The Balaban J connectivity index is 0. The first kappa shape index (κ1) is 10.1. The summed E-state index contributed by atoms with van der Waals surface area (Å²) in [6.07, 6.45) is 0. The van der Waals surface area contributed by atoms with Crippen LogP contribution < -0.4 is 0 Å². The minimum absolute atomic E-state index is 0. The van der Waals surface area contributed by atoms with Gasteiger partial charge in [0.25, 0.3) is 0 Å². The van der Waals surface area contributed by atoms with Gasteiger partial charge in [-0.05, 0) is 0 Å². The first-order valence-electron chi connectivity index (χ1n) is 0.600. The summed E-state index contributed by atoms with van der Waals surface area (Å²) in [5.74, 6) is 0. The normalized spacial score (nSPS) is 7.60. The van der Waals surface area contributed by atoms with Crippen molar-refractivity contribution in [2.24, 2.45) is 6.55 Å². The Kier molecular flexibility index (Phi) is 19.0. The van der Waals surface area contributed by atoms with E-state index in [9.17, 15) is 0 Å². The Morgan fingerprint density at radius 3 is 1.20 bits per heavy atom. The number of hydrogen-bond donors (Lipinski definition) is 0. The molecule has 0 rings (SSSR count). The third-order valence-electron chi connectivity index (χ3n) is 0.0400. The predicted molar refractivity (Wildman–Crippen MR) is 22.1 cm³/mol. The molecule has 0 fully saturated rings. The second-order valence-electron chi connectivity index (χ2n) is 0.179. The van der Waals surface area contributed by atoms with E-state index < -0.39 is 0 Å². The number of nitrogens with zero attached hydrogens (tertiary/aromatic N) is 2. The third kappa shape index (κ3) is 10.7. The van der Waals surface area contributed by atoms with Gasteiger partial charge in [0.05, 0.1) is 0 Å². The molecule has 0 aliphatic heterocycles. The van der Waals surface area contributed by atoms with E-state index in [-0.39, 0.29) is 23.9 Å². The van der Waals surface area contributed by atoms with Gasteiger partial charge in [-0.2, -0.15) is 0 Å². The summed E-state index contributed by atoms with van der Waals surface area (Å²) in [6, 6.07) is 0. The van der Waals surface area contributed by atoms with Crippen molar-refractivity contribution in [3.8, 4) is 0 Å². The Morgan fingerprint density at radius 2 is 1.20 bits per heavy atom. The van der Waals surface area contributed by atoms with E-state index in [1.54, 1.807) is 0 Å². The molecule has 0 spiro atoms. The second-order valence-corrected chi connectivity index (χ2v) is 1.20. The van der Waals surface area contributed by atoms with Gasteiger partial charge >= 0.3 is 53.1 Å². The van der Waals surface area contributed by atoms with Gasteiger partial charge in [-0.15, -0.1) is 0 Å². The zero-order valence-corrected chi connectivity index (χ0v) is 10.2. The minimum Gasteiger partial charge on any atom is 0 e. The fourth-order valence-electron chi connectivity index (χ4n) is 0. The Labute approximate surface area is 75.8 Å². The molecule has 0 aromatic heterocycles. The summed E-state index contributed by atoms with van der Waals surface area (Å²) in [4.78, 5) is 0. The van der Waals surface area contributed by atoms with E-state index in [1.165, 1.54) is 46.6 Å². The molecule has 5 heteroatoms. The SMILES string of the molecule is [Sb][N]=[N][Sb].[Sn]. The fourth-order valence-corrected chi connectivity index (χ4v) is 0. The van der Waals surface area contributed by atoms with Gasteiger partial charge in [0.1, 0.15) is 0 Å². The van der Waals surface area contributed by atoms with Gasteiger partial charge in [0.2, 0.25) is 0 Å². The smallest absolute Gasteiger partial charge is 0 e. The van der Waals surface area contributed by atoms with Crippen LogP contribution in [0.5, 0.6) is 0 Å². The standard InChI is InChI=1S/N2.2Sb.Sn/c1-2;;;/q-2;2*+1;. The van der Waals surface area contributed by atoms with Gasteiger partial charge in [0.15, 0.2) is 0 Å². The first-order valence-corrected chi connectivity index (χ1v) is 2.88. The van der Waals surface area contributed by atoms with E-state index in [4.69, 9.17) is 0 Å². The van der Waals surface area contributed by atoms with Crippen molar-refractivity contribution in [3.05, 3.63) is 0 Å². The van der Waals surface area contributed by atoms with Crippen LogP contribution in [0, 0.1) is 0 Å². The largest absolute Gasteiger partial charge is 0 e. The molecule has 0 unspecified atom stereocenters. The molecule has 0 amide bonds. The van der Waals surface area contributed by atoms with Crippen LogP contribution in [0.15, 0.2) is 6.55 Å². The number of hydrogen-bond acceptors (Lipinski definition) is 2. The van der Waals surface area contributed by atoms with Crippen molar-refractivity contribution in [3.63, 3.8) is 0 Å². The first-order chi connectivity index (χ1) is 1.91. The second kappa shape index (κ2) is 9.40. The minimum atomic E-state index is 0. The zero-order chi connectivity index (χ0) is 3.41. The van der Waals surface area contributed by atoms with Crippen LogP contribution in [0.2, 0.25) is 0 Å². The molecular weight excluding hydrogens is 390 g/mol. The molecule has 0 aliphatic rings. The molecule has 0 N–H and O–H groups in total. The van der Waals surface area contributed by atoms with E-state index >= 15 is 0 Å². The quantitative estimate of drug-likeness (QED) is 0.383. The summed E-state index contributed by atoms with van der Waals surface area (Å²) in [5.41, 5.74) is 0.